The van der Waals surface area contributed by atoms with Crippen LogP contribution in [0, 0.1) is 0 Å². The Labute approximate surface area is 130 Å². The van der Waals surface area contributed by atoms with Gasteiger partial charge in [0.15, 0.2) is 0 Å². The Kier molecular flexibility index (Phi) is 4.02. The van der Waals surface area contributed by atoms with E-state index in [0.29, 0.717) is 12.3 Å². The van der Waals surface area contributed by atoms with Crippen molar-refractivity contribution in [2.45, 2.75) is 16.2 Å². The highest BCUT2D eigenvalue weighted by atomic mass is 32.2. The second-order valence-electron chi connectivity index (χ2n) is 4.72. The second-order valence-corrected chi connectivity index (χ2v) is 6.20. The van der Waals surface area contributed by atoms with Crippen molar-refractivity contribution in [1.82, 2.24) is 5.32 Å². The Hall–Kier alpha value is -2.47. The number of amides is 1. The normalized spacial score (nSPS) is 14.0. The molecule has 0 fully saturated rings. The van der Waals surface area contributed by atoms with Gasteiger partial charge in [-0.25, -0.2) is 14.0 Å². The first-order chi connectivity index (χ1) is 10.7. The van der Waals surface area contributed by atoms with Gasteiger partial charge in [0.25, 0.3) is 0 Å². The zero-order valence-corrected chi connectivity index (χ0v) is 12.7. The summed E-state index contributed by atoms with van der Waals surface area (Å²) in [7, 11) is 0.0789. The molecule has 0 radical (unpaired) electrons. The predicted octanol–water partition coefficient (Wildman–Crippen LogP) is 2.80. The zero-order chi connectivity index (χ0) is 15.5. The van der Waals surface area contributed by atoms with E-state index >= 15 is 0 Å². The molecule has 2 aromatic rings. The molecule has 0 spiro atoms. The van der Waals surface area contributed by atoms with Crippen LogP contribution in [0.2, 0.25) is 0 Å². The third kappa shape index (κ3) is 2.92. The summed E-state index contributed by atoms with van der Waals surface area (Å²) in [5.41, 5.74) is 1.72. The summed E-state index contributed by atoms with van der Waals surface area (Å²) in [4.78, 5) is 17.0. The van der Waals surface area contributed by atoms with Gasteiger partial charge < -0.3 is 4.74 Å². The highest BCUT2D eigenvalue weighted by Gasteiger charge is 2.18. The molecule has 1 atom stereocenters. The summed E-state index contributed by atoms with van der Waals surface area (Å²) in [6, 6.07) is 14.8. The fraction of sp³-hybridized carbons (Fsp3) is 0.125. The smallest absolute Gasteiger partial charge is 0.412 e. The maximum Gasteiger partial charge on any atom is 0.412 e. The van der Waals surface area contributed by atoms with E-state index in [1.807, 2.05) is 42.5 Å². The Morgan fingerprint density at radius 1 is 1.18 bits per heavy atom. The molecule has 0 saturated heterocycles. The average molecular weight is 314 g/mol. The molecular formula is C16H14N2O3S. The van der Waals surface area contributed by atoms with Crippen molar-refractivity contribution in [3.63, 3.8) is 0 Å². The molecule has 112 valence electrons. The molecule has 0 aliphatic carbocycles. The summed E-state index contributed by atoms with van der Waals surface area (Å²) in [5, 5.41) is 2.57. The molecule has 0 bridgehead atoms. The van der Waals surface area contributed by atoms with Gasteiger partial charge in [-0.2, -0.15) is 0 Å². The molecule has 0 saturated carbocycles. The fourth-order valence-corrected chi connectivity index (χ4v) is 3.33. The van der Waals surface area contributed by atoms with Crippen LogP contribution >= 0.6 is 0 Å². The van der Waals surface area contributed by atoms with E-state index in [9.17, 15) is 9.00 Å². The fourth-order valence-electron chi connectivity index (χ4n) is 2.21. The molecule has 1 amide bonds. The van der Waals surface area contributed by atoms with E-state index in [1.165, 1.54) is 7.11 Å². The maximum atomic E-state index is 12.5. The third-order valence-electron chi connectivity index (χ3n) is 3.27. The van der Waals surface area contributed by atoms with E-state index in [0.717, 1.165) is 21.0 Å². The number of hydrogen-bond donors (Lipinski definition) is 1. The molecule has 3 rings (SSSR count). The Balaban J connectivity index is 1.81. The first kappa shape index (κ1) is 14.5. The molecule has 6 heteroatoms. The molecule has 1 heterocycles. The monoisotopic (exact) mass is 314 g/mol. The summed E-state index contributed by atoms with van der Waals surface area (Å²) >= 11 is 0. The topological polar surface area (TPSA) is 67.8 Å². The first-order valence-corrected chi connectivity index (χ1v) is 7.84. The van der Waals surface area contributed by atoms with E-state index in [2.05, 4.69) is 15.0 Å². The van der Waals surface area contributed by atoms with Crippen LogP contribution in [0.1, 0.15) is 5.56 Å². The number of nitrogens with zero attached hydrogens (tertiary/aromatic N) is 1. The van der Waals surface area contributed by atoms with Crippen LogP contribution in [-0.4, -0.2) is 23.2 Å². The van der Waals surface area contributed by atoms with Crippen molar-refractivity contribution >= 4 is 28.4 Å². The summed E-state index contributed by atoms with van der Waals surface area (Å²) < 4.78 is 17.1. The van der Waals surface area contributed by atoms with Gasteiger partial charge in [-0.3, -0.25) is 5.32 Å². The molecular weight excluding hydrogens is 300 g/mol. The zero-order valence-electron chi connectivity index (χ0n) is 11.9. The van der Waals surface area contributed by atoms with Gasteiger partial charge in [-0.05, 0) is 35.9 Å². The Morgan fingerprint density at radius 3 is 2.68 bits per heavy atom. The Morgan fingerprint density at radius 2 is 1.95 bits per heavy atom. The van der Waals surface area contributed by atoms with Gasteiger partial charge in [0.1, 0.15) is 5.84 Å². The maximum absolute atomic E-state index is 12.5. The first-order valence-electron chi connectivity index (χ1n) is 6.69. The van der Waals surface area contributed by atoms with Gasteiger partial charge in [-0.15, -0.1) is 0 Å². The molecule has 5 nitrogen and oxygen atoms in total. The van der Waals surface area contributed by atoms with E-state index in [4.69, 9.17) is 0 Å². The van der Waals surface area contributed by atoms with E-state index < -0.39 is 16.9 Å². The van der Waals surface area contributed by atoms with Crippen molar-refractivity contribution < 1.29 is 13.7 Å². The van der Waals surface area contributed by atoms with Crippen LogP contribution in [-0.2, 0) is 22.0 Å². The van der Waals surface area contributed by atoms with Crippen LogP contribution in [0.15, 0.2) is 63.3 Å². The van der Waals surface area contributed by atoms with Crippen LogP contribution < -0.4 is 5.32 Å². The lowest BCUT2D eigenvalue weighted by molar-refractivity contribution is 0.176. The number of aliphatic imine (C=N–C) groups is 1. The number of benzene rings is 2. The van der Waals surface area contributed by atoms with Gasteiger partial charge in [-0.1, -0.05) is 18.2 Å². The van der Waals surface area contributed by atoms with Crippen molar-refractivity contribution in [3.8, 4) is 0 Å². The number of nitrogens with one attached hydrogen (secondary N) is 1. The number of ether oxygens (including phenoxy) is 1. The number of amidine groups is 1. The number of rotatable bonds is 2. The summed E-state index contributed by atoms with van der Waals surface area (Å²) in [6.45, 7) is 0. The quantitative estimate of drug-likeness (QED) is 0.927. The number of alkyl carbamates (subject to hydrolysis) is 1. The molecule has 1 N–H and O–H groups in total. The van der Waals surface area contributed by atoms with Crippen molar-refractivity contribution in [1.29, 1.82) is 0 Å². The van der Waals surface area contributed by atoms with Gasteiger partial charge in [0, 0.05) is 16.2 Å². The number of methoxy groups -OCH3 is 1. The lowest BCUT2D eigenvalue weighted by atomic mass is 10.1. The van der Waals surface area contributed by atoms with Gasteiger partial charge >= 0.3 is 6.09 Å². The second kappa shape index (κ2) is 6.11. The molecule has 0 aromatic heterocycles. The van der Waals surface area contributed by atoms with Crippen molar-refractivity contribution in [3.05, 3.63) is 54.1 Å². The number of hydrogen-bond acceptors (Lipinski definition) is 4. The predicted molar refractivity (Wildman–Crippen MR) is 83.9 cm³/mol. The number of fused-ring (bicyclic) bond motifs is 1. The lowest BCUT2D eigenvalue weighted by Gasteiger charge is -2.04. The van der Waals surface area contributed by atoms with Gasteiger partial charge in [0.2, 0.25) is 0 Å². The van der Waals surface area contributed by atoms with Crippen LogP contribution in [0.25, 0.3) is 0 Å². The van der Waals surface area contributed by atoms with Crippen molar-refractivity contribution in [2.24, 2.45) is 4.99 Å². The minimum Gasteiger partial charge on any atom is -0.453 e. The van der Waals surface area contributed by atoms with Crippen LogP contribution in [0.3, 0.4) is 0 Å². The molecule has 1 aliphatic heterocycles. The largest absolute Gasteiger partial charge is 0.453 e. The number of carbonyl (C=O) groups is 1. The highest BCUT2D eigenvalue weighted by molar-refractivity contribution is 7.85. The molecule has 1 unspecified atom stereocenters. The minimum absolute atomic E-state index is 0.490. The van der Waals surface area contributed by atoms with E-state index in [1.54, 1.807) is 6.07 Å². The highest BCUT2D eigenvalue weighted by Crippen LogP contribution is 2.29. The number of carbonyl (C=O) groups excluding carboxylic acids is 1. The van der Waals surface area contributed by atoms with Gasteiger partial charge in [0.05, 0.1) is 23.6 Å². The van der Waals surface area contributed by atoms with Crippen molar-refractivity contribution in [2.75, 3.05) is 7.11 Å². The van der Waals surface area contributed by atoms with Crippen LogP contribution in [0.4, 0.5) is 10.5 Å². The Bertz CT molecular complexity index is 772. The molecule has 22 heavy (non-hydrogen) atoms. The standard InChI is InChI=1S/C16H14N2O3S/c1-21-16(19)18-15-10-11-9-13(7-8-14(11)17-15)22(20)12-5-3-2-4-6-12/h2-9H,10H2,1H3,(H,17,18,19). The van der Waals surface area contributed by atoms with E-state index in [-0.39, 0.29) is 0 Å². The molecule has 2 aromatic carbocycles. The average Bonchev–Trinajstić information content (AvgIpc) is 2.96. The molecule has 1 aliphatic rings. The minimum atomic E-state index is -1.23. The third-order valence-corrected chi connectivity index (χ3v) is 4.65. The van der Waals surface area contributed by atoms with Crippen LogP contribution in [0.5, 0.6) is 0 Å². The SMILES string of the molecule is COC(=O)NC1=Nc2ccc(S(=O)c3ccccc3)cc2C1. The summed E-state index contributed by atoms with van der Waals surface area (Å²) in [5.74, 6) is 0.532. The lowest BCUT2D eigenvalue weighted by Crippen LogP contribution is -2.30. The summed E-state index contributed by atoms with van der Waals surface area (Å²) in [6.07, 6.45) is -0.0517.